The van der Waals surface area contributed by atoms with Gasteiger partial charge in [-0.25, -0.2) is 9.78 Å². The van der Waals surface area contributed by atoms with Crippen LogP contribution in [0.15, 0.2) is 48.1 Å². The predicted octanol–water partition coefficient (Wildman–Crippen LogP) is 4.48. The largest absolute Gasteiger partial charge is 0.462 e. The highest BCUT2D eigenvalue weighted by molar-refractivity contribution is 7.15. The monoisotopic (exact) mass is 438 g/mol. The zero-order valence-electron chi connectivity index (χ0n) is 17.5. The van der Waals surface area contributed by atoms with Gasteiger partial charge in [-0.05, 0) is 31.9 Å². The van der Waals surface area contributed by atoms with Crippen LogP contribution in [0.4, 0.5) is 5.00 Å². The SMILES string of the molecule is CCOC(=O)c1c(-c2ccccc2)csc1NC(=O)CN1CCCCC1c1ncc[nH]1. The summed E-state index contributed by atoms with van der Waals surface area (Å²) in [5.74, 6) is 0.317. The number of hydrogen-bond donors (Lipinski definition) is 2. The molecule has 0 aliphatic carbocycles. The molecule has 0 bridgehead atoms. The number of likely N-dealkylation sites (tertiary alicyclic amines) is 1. The van der Waals surface area contributed by atoms with Crippen molar-refractivity contribution < 1.29 is 14.3 Å². The Balaban J connectivity index is 1.53. The van der Waals surface area contributed by atoms with E-state index in [1.165, 1.54) is 11.3 Å². The van der Waals surface area contributed by atoms with E-state index in [0.29, 0.717) is 10.6 Å². The Labute approximate surface area is 185 Å². The highest BCUT2D eigenvalue weighted by Crippen LogP contribution is 2.36. The zero-order chi connectivity index (χ0) is 21.6. The number of benzene rings is 1. The summed E-state index contributed by atoms with van der Waals surface area (Å²) < 4.78 is 5.28. The van der Waals surface area contributed by atoms with Crippen molar-refractivity contribution in [2.24, 2.45) is 0 Å². The number of hydrogen-bond acceptors (Lipinski definition) is 6. The maximum Gasteiger partial charge on any atom is 0.341 e. The van der Waals surface area contributed by atoms with E-state index in [9.17, 15) is 9.59 Å². The number of anilines is 1. The summed E-state index contributed by atoms with van der Waals surface area (Å²) in [7, 11) is 0. The summed E-state index contributed by atoms with van der Waals surface area (Å²) in [6, 6.07) is 9.76. The molecule has 2 N–H and O–H groups in total. The summed E-state index contributed by atoms with van der Waals surface area (Å²) >= 11 is 1.34. The minimum atomic E-state index is -0.427. The molecule has 0 spiro atoms. The van der Waals surface area contributed by atoms with Gasteiger partial charge < -0.3 is 15.0 Å². The smallest absolute Gasteiger partial charge is 0.341 e. The number of carbonyl (C=O) groups is 2. The van der Waals surface area contributed by atoms with Crippen molar-refractivity contribution in [2.75, 3.05) is 25.0 Å². The second kappa shape index (κ2) is 9.89. The van der Waals surface area contributed by atoms with E-state index < -0.39 is 5.97 Å². The van der Waals surface area contributed by atoms with Crippen LogP contribution in [0.1, 0.15) is 48.4 Å². The summed E-state index contributed by atoms with van der Waals surface area (Å²) in [5, 5.41) is 5.37. The first kappa shape index (κ1) is 21.3. The van der Waals surface area contributed by atoms with Gasteiger partial charge in [-0.15, -0.1) is 11.3 Å². The topological polar surface area (TPSA) is 87.3 Å². The number of aromatic amines is 1. The fourth-order valence-electron chi connectivity index (χ4n) is 3.99. The molecule has 4 rings (SSSR count). The van der Waals surface area contributed by atoms with E-state index in [4.69, 9.17) is 4.74 Å². The van der Waals surface area contributed by atoms with Crippen LogP contribution in [0, 0.1) is 0 Å². The predicted molar refractivity (Wildman–Crippen MR) is 121 cm³/mol. The Kier molecular flexibility index (Phi) is 6.79. The molecule has 31 heavy (non-hydrogen) atoms. The lowest BCUT2D eigenvalue weighted by Crippen LogP contribution is -2.39. The maximum absolute atomic E-state index is 12.9. The lowest BCUT2D eigenvalue weighted by Gasteiger charge is -2.33. The lowest BCUT2D eigenvalue weighted by atomic mass is 10.0. The fraction of sp³-hybridized carbons (Fsp3) is 0.348. The minimum Gasteiger partial charge on any atom is -0.462 e. The van der Waals surface area contributed by atoms with E-state index in [2.05, 4.69) is 20.2 Å². The molecular weight excluding hydrogens is 412 g/mol. The molecule has 8 heteroatoms. The first-order valence-electron chi connectivity index (χ1n) is 10.5. The quantitative estimate of drug-likeness (QED) is 0.531. The molecule has 1 unspecified atom stereocenters. The normalized spacial score (nSPS) is 16.7. The number of H-pyrrole nitrogens is 1. The first-order valence-corrected chi connectivity index (χ1v) is 11.4. The second-order valence-electron chi connectivity index (χ2n) is 7.44. The number of rotatable bonds is 7. The standard InChI is InChI=1S/C23H26N4O3S/c1-2-30-23(29)20-17(16-8-4-3-5-9-16)15-31-22(20)26-19(28)14-27-13-7-6-10-18(27)21-24-11-12-25-21/h3-5,8-9,11-12,15,18H,2,6-7,10,13-14H2,1H3,(H,24,25)(H,26,28). The molecule has 1 aromatic carbocycles. The average Bonchev–Trinajstić information content (AvgIpc) is 3.45. The van der Waals surface area contributed by atoms with Crippen LogP contribution in [0.3, 0.4) is 0 Å². The Morgan fingerprint density at radius 2 is 2.13 bits per heavy atom. The van der Waals surface area contributed by atoms with E-state index in [-0.39, 0.29) is 25.1 Å². The Bertz CT molecular complexity index is 1020. The van der Waals surface area contributed by atoms with Gasteiger partial charge in [0, 0.05) is 23.3 Å². The molecule has 1 fully saturated rings. The third kappa shape index (κ3) is 4.86. The van der Waals surface area contributed by atoms with Crippen molar-refractivity contribution in [1.29, 1.82) is 0 Å². The minimum absolute atomic E-state index is 0.0993. The van der Waals surface area contributed by atoms with E-state index in [1.54, 1.807) is 13.1 Å². The van der Waals surface area contributed by atoms with Crippen molar-refractivity contribution in [3.05, 3.63) is 59.5 Å². The van der Waals surface area contributed by atoms with E-state index in [0.717, 1.165) is 42.8 Å². The second-order valence-corrected chi connectivity index (χ2v) is 8.32. The molecule has 1 aliphatic heterocycles. The van der Waals surface area contributed by atoms with Gasteiger partial charge in [0.05, 0.1) is 19.2 Å². The molecule has 2 aromatic heterocycles. The van der Waals surface area contributed by atoms with Crippen molar-refractivity contribution in [1.82, 2.24) is 14.9 Å². The lowest BCUT2D eigenvalue weighted by molar-refractivity contribution is -0.118. The van der Waals surface area contributed by atoms with Crippen molar-refractivity contribution >= 4 is 28.2 Å². The maximum atomic E-state index is 12.9. The number of piperidine rings is 1. The van der Waals surface area contributed by atoms with Crippen LogP contribution >= 0.6 is 11.3 Å². The highest BCUT2D eigenvalue weighted by Gasteiger charge is 2.28. The van der Waals surface area contributed by atoms with Gasteiger partial charge in [-0.1, -0.05) is 36.8 Å². The van der Waals surface area contributed by atoms with Crippen molar-refractivity contribution in [3.8, 4) is 11.1 Å². The first-order chi connectivity index (χ1) is 15.2. The highest BCUT2D eigenvalue weighted by atomic mass is 32.1. The number of ether oxygens (including phenoxy) is 1. The molecule has 1 aliphatic rings. The zero-order valence-corrected chi connectivity index (χ0v) is 18.3. The molecule has 7 nitrogen and oxygen atoms in total. The third-order valence-electron chi connectivity index (χ3n) is 5.40. The van der Waals surface area contributed by atoms with Crippen LogP contribution < -0.4 is 5.32 Å². The van der Waals surface area contributed by atoms with E-state index >= 15 is 0 Å². The van der Waals surface area contributed by atoms with Gasteiger partial charge in [0.2, 0.25) is 5.91 Å². The van der Waals surface area contributed by atoms with Gasteiger partial charge in [0.25, 0.3) is 0 Å². The molecule has 3 aromatic rings. The molecule has 3 heterocycles. The number of aromatic nitrogens is 2. The van der Waals surface area contributed by atoms with Gasteiger partial charge >= 0.3 is 5.97 Å². The molecule has 1 amide bonds. The number of nitrogens with zero attached hydrogens (tertiary/aromatic N) is 2. The van der Waals surface area contributed by atoms with Crippen LogP contribution in [-0.2, 0) is 9.53 Å². The molecule has 162 valence electrons. The third-order valence-corrected chi connectivity index (χ3v) is 6.30. The Hall–Kier alpha value is -2.97. The van der Waals surface area contributed by atoms with Crippen LogP contribution in [0.5, 0.6) is 0 Å². The van der Waals surface area contributed by atoms with Gasteiger partial charge in [0.15, 0.2) is 0 Å². The molecule has 0 radical (unpaired) electrons. The average molecular weight is 439 g/mol. The molecule has 0 saturated carbocycles. The molecular formula is C23H26N4O3S. The number of esters is 1. The summed E-state index contributed by atoms with van der Waals surface area (Å²) in [6.07, 6.45) is 6.68. The summed E-state index contributed by atoms with van der Waals surface area (Å²) in [5.41, 5.74) is 2.09. The molecule has 1 saturated heterocycles. The van der Waals surface area contributed by atoms with Gasteiger partial charge in [0.1, 0.15) is 16.4 Å². The van der Waals surface area contributed by atoms with Crippen LogP contribution in [-0.4, -0.2) is 46.4 Å². The number of imidazole rings is 1. The number of carbonyl (C=O) groups excluding carboxylic acids is 2. The van der Waals surface area contributed by atoms with Crippen molar-refractivity contribution in [2.45, 2.75) is 32.2 Å². The van der Waals surface area contributed by atoms with Gasteiger partial charge in [-0.3, -0.25) is 9.69 Å². The van der Waals surface area contributed by atoms with Crippen molar-refractivity contribution in [3.63, 3.8) is 0 Å². The fourth-order valence-corrected chi connectivity index (χ4v) is 4.96. The van der Waals surface area contributed by atoms with Crippen LogP contribution in [0.25, 0.3) is 11.1 Å². The Morgan fingerprint density at radius 3 is 2.87 bits per heavy atom. The van der Waals surface area contributed by atoms with Crippen LogP contribution in [0.2, 0.25) is 0 Å². The van der Waals surface area contributed by atoms with Gasteiger partial charge in [-0.2, -0.15) is 0 Å². The number of thiophene rings is 1. The summed E-state index contributed by atoms with van der Waals surface area (Å²) in [4.78, 5) is 35.4. The molecule has 1 atom stereocenters. The number of nitrogens with one attached hydrogen (secondary N) is 2. The Morgan fingerprint density at radius 1 is 1.29 bits per heavy atom. The summed E-state index contributed by atoms with van der Waals surface area (Å²) in [6.45, 7) is 3.13. The number of amides is 1. The van der Waals surface area contributed by atoms with E-state index in [1.807, 2.05) is 41.9 Å².